The smallest absolute Gasteiger partial charge is 0.390 e. The van der Waals surface area contributed by atoms with Gasteiger partial charge in [0, 0.05) is 19.5 Å². The van der Waals surface area contributed by atoms with E-state index in [0.29, 0.717) is 13.0 Å². The number of aromatic nitrogens is 4. The summed E-state index contributed by atoms with van der Waals surface area (Å²) in [6.07, 6.45) is 7.14. The van der Waals surface area contributed by atoms with E-state index in [9.17, 15) is 4.57 Å². The summed E-state index contributed by atoms with van der Waals surface area (Å²) in [4.78, 5) is 21.2. The molecule has 1 fully saturated rings. The van der Waals surface area contributed by atoms with Crippen LogP contribution in [0.3, 0.4) is 0 Å². The fourth-order valence-electron chi connectivity index (χ4n) is 3.79. The summed E-state index contributed by atoms with van der Waals surface area (Å²) >= 11 is 0. The number of phosphoric acid groups is 1. The van der Waals surface area contributed by atoms with Crippen LogP contribution in [0, 0.1) is 0 Å². The number of hydrogen-bond acceptors (Lipinski definition) is 10. The first-order chi connectivity index (χ1) is 15.1. The Labute approximate surface area is 181 Å². The fourth-order valence-corrected chi connectivity index (χ4v) is 4.99. The Bertz CT molecular complexity index is 950. The van der Waals surface area contributed by atoms with Gasteiger partial charge in [-0.15, -0.1) is 0 Å². The molecule has 0 aromatic carbocycles. The number of rotatable bonds is 10. The summed E-state index contributed by atoms with van der Waals surface area (Å²) in [5.74, 6) is 0.891. The molecular weight excluding hydrogens is 423 g/mol. The minimum atomic E-state index is -3.57. The van der Waals surface area contributed by atoms with E-state index in [0.717, 1.165) is 35.8 Å². The number of imidazole rings is 1. The lowest BCUT2D eigenvalue weighted by Crippen LogP contribution is -2.30. The van der Waals surface area contributed by atoms with Gasteiger partial charge in [0.05, 0.1) is 38.4 Å². The minimum Gasteiger partial charge on any atom is -0.390 e. The Morgan fingerprint density at radius 3 is 2.61 bits per heavy atom. The number of anilines is 1. The van der Waals surface area contributed by atoms with Gasteiger partial charge in [0.1, 0.15) is 6.33 Å². The van der Waals surface area contributed by atoms with E-state index in [1.54, 1.807) is 26.5 Å². The third-order valence-electron chi connectivity index (χ3n) is 5.18. The molecule has 0 amide bonds. The maximum Gasteiger partial charge on any atom is 0.474 e. The monoisotopic (exact) mass is 452 g/mol. The highest BCUT2D eigenvalue weighted by molar-refractivity contribution is 7.48. The first-order valence-corrected chi connectivity index (χ1v) is 12.2. The van der Waals surface area contributed by atoms with Crippen LogP contribution < -0.4 is 4.90 Å². The van der Waals surface area contributed by atoms with E-state index in [1.165, 1.54) is 19.3 Å². The third kappa shape index (κ3) is 5.23. The van der Waals surface area contributed by atoms with E-state index in [4.69, 9.17) is 18.4 Å². The second kappa shape index (κ2) is 10.0. The van der Waals surface area contributed by atoms with Gasteiger partial charge < -0.3 is 14.3 Å². The van der Waals surface area contributed by atoms with Crippen molar-refractivity contribution >= 4 is 30.5 Å². The second-order valence-corrected chi connectivity index (χ2v) is 9.13. The summed E-state index contributed by atoms with van der Waals surface area (Å²) in [6.45, 7) is 6.49. The van der Waals surface area contributed by atoms with Crippen molar-refractivity contribution in [2.24, 2.45) is 5.16 Å². The maximum absolute atomic E-state index is 12.4. The molecule has 2 aromatic heterocycles. The van der Waals surface area contributed by atoms with Crippen LogP contribution in [0.25, 0.3) is 11.2 Å². The highest BCUT2D eigenvalue weighted by atomic mass is 31.2. The summed E-state index contributed by atoms with van der Waals surface area (Å²) in [6, 6.07) is 0. The normalized spacial score (nSPS) is 19.6. The van der Waals surface area contributed by atoms with Crippen molar-refractivity contribution in [3.8, 4) is 0 Å². The van der Waals surface area contributed by atoms with Crippen LogP contribution in [-0.2, 0) is 29.5 Å². The standard InChI is InChI=1S/C19H29N6O5P/c1-3-27-31(26,28-4-2)29-12-16-10-15(23-30-16)11-25-14-22-17-18(20-13-21-19(17)25)24-8-6-5-7-9-24/h13-14,16H,3-12H2,1-2H3. The molecule has 2 aliphatic heterocycles. The van der Waals surface area contributed by atoms with Crippen LogP contribution in [0.1, 0.15) is 39.5 Å². The number of oxime groups is 1. The van der Waals surface area contributed by atoms with Gasteiger partial charge in [-0.25, -0.2) is 19.5 Å². The summed E-state index contributed by atoms with van der Waals surface area (Å²) in [5, 5.41) is 4.17. The molecule has 1 saturated heterocycles. The highest BCUT2D eigenvalue weighted by Crippen LogP contribution is 2.49. The fraction of sp³-hybridized carbons (Fsp3) is 0.684. The molecule has 0 spiro atoms. The van der Waals surface area contributed by atoms with Crippen molar-refractivity contribution in [3.63, 3.8) is 0 Å². The Morgan fingerprint density at radius 1 is 1.10 bits per heavy atom. The van der Waals surface area contributed by atoms with Gasteiger partial charge in [0.25, 0.3) is 0 Å². The molecule has 2 aromatic rings. The predicted molar refractivity (Wildman–Crippen MR) is 115 cm³/mol. The van der Waals surface area contributed by atoms with Gasteiger partial charge in [-0.3, -0.25) is 13.6 Å². The Morgan fingerprint density at radius 2 is 1.87 bits per heavy atom. The van der Waals surface area contributed by atoms with Crippen LogP contribution in [0.4, 0.5) is 5.82 Å². The van der Waals surface area contributed by atoms with Gasteiger partial charge in [-0.05, 0) is 33.1 Å². The Kier molecular flexibility index (Phi) is 7.16. The number of hydrogen-bond donors (Lipinski definition) is 0. The number of nitrogens with zero attached hydrogens (tertiary/aromatic N) is 6. The molecule has 12 heteroatoms. The lowest BCUT2D eigenvalue weighted by Gasteiger charge is -2.27. The average Bonchev–Trinajstić information content (AvgIpc) is 3.41. The summed E-state index contributed by atoms with van der Waals surface area (Å²) in [5.41, 5.74) is 2.40. The van der Waals surface area contributed by atoms with Gasteiger partial charge in [0.15, 0.2) is 23.1 Å². The SMILES string of the molecule is CCOP(=O)(OCC)OCC1CC(Cn2cnc3c(N4CCCCC4)ncnc32)=NO1. The van der Waals surface area contributed by atoms with E-state index in [-0.39, 0.29) is 25.9 Å². The van der Waals surface area contributed by atoms with Crippen molar-refractivity contribution < 1.29 is 23.0 Å². The van der Waals surface area contributed by atoms with Crippen molar-refractivity contribution in [1.29, 1.82) is 0 Å². The van der Waals surface area contributed by atoms with Crippen LogP contribution >= 0.6 is 7.82 Å². The molecule has 4 heterocycles. The van der Waals surface area contributed by atoms with Gasteiger partial charge in [0.2, 0.25) is 0 Å². The zero-order valence-corrected chi connectivity index (χ0v) is 18.9. The molecular formula is C19H29N6O5P. The van der Waals surface area contributed by atoms with E-state index >= 15 is 0 Å². The number of phosphoric ester groups is 1. The predicted octanol–water partition coefficient (Wildman–Crippen LogP) is 3.16. The Balaban J connectivity index is 1.37. The molecule has 31 heavy (non-hydrogen) atoms. The molecule has 0 bridgehead atoms. The topological polar surface area (TPSA) is 113 Å². The van der Waals surface area contributed by atoms with Crippen LogP contribution in [0.2, 0.25) is 0 Å². The molecule has 2 aliphatic rings. The molecule has 11 nitrogen and oxygen atoms in total. The molecule has 170 valence electrons. The van der Waals surface area contributed by atoms with Crippen LogP contribution in [-0.4, -0.2) is 64.2 Å². The van der Waals surface area contributed by atoms with Crippen LogP contribution in [0.5, 0.6) is 0 Å². The summed E-state index contributed by atoms with van der Waals surface area (Å²) < 4.78 is 30.0. The molecule has 1 unspecified atom stereocenters. The lowest BCUT2D eigenvalue weighted by molar-refractivity contribution is 0.0265. The first-order valence-electron chi connectivity index (χ1n) is 10.8. The zero-order valence-electron chi connectivity index (χ0n) is 18.0. The second-order valence-electron chi connectivity index (χ2n) is 7.46. The third-order valence-corrected chi connectivity index (χ3v) is 6.79. The number of fused-ring (bicyclic) bond motifs is 1. The van der Waals surface area contributed by atoms with E-state index in [2.05, 4.69) is 25.0 Å². The maximum atomic E-state index is 12.4. The van der Waals surface area contributed by atoms with E-state index in [1.807, 2.05) is 4.57 Å². The van der Waals surface area contributed by atoms with Gasteiger partial charge in [-0.1, -0.05) is 5.16 Å². The Hall–Kier alpha value is -2.07. The zero-order chi connectivity index (χ0) is 21.7. The van der Waals surface area contributed by atoms with Crippen molar-refractivity contribution in [3.05, 3.63) is 12.7 Å². The summed E-state index contributed by atoms with van der Waals surface area (Å²) in [7, 11) is -3.57. The molecule has 0 radical (unpaired) electrons. The average molecular weight is 452 g/mol. The van der Waals surface area contributed by atoms with Crippen molar-refractivity contribution in [2.45, 2.75) is 52.2 Å². The quantitative estimate of drug-likeness (QED) is 0.502. The van der Waals surface area contributed by atoms with Gasteiger partial charge in [-0.2, -0.15) is 0 Å². The molecule has 1 atom stereocenters. The van der Waals surface area contributed by atoms with Gasteiger partial charge >= 0.3 is 7.82 Å². The lowest BCUT2D eigenvalue weighted by atomic mass is 10.1. The number of piperidine rings is 1. The molecule has 0 aliphatic carbocycles. The first kappa shape index (κ1) is 22.1. The highest BCUT2D eigenvalue weighted by Gasteiger charge is 2.30. The largest absolute Gasteiger partial charge is 0.474 e. The molecule has 4 rings (SSSR count). The molecule has 0 saturated carbocycles. The minimum absolute atomic E-state index is 0.0657. The van der Waals surface area contributed by atoms with Crippen molar-refractivity contribution in [1.82, 2.24) is 19.5 Å². The van der Waals surface area contributed by atoms with Crippen molar-refractivity contribution in [2.75, 3.05) is 37.8 Å². The molecule has 0 N–H and O–H groups in total. The van der Waals surface area contributed by atoms with E-state index < -0.39 is 7.82 Å². The van der Waals surface area contributed by atoms with Crippen LogP contribution in [0.15, 0.2) is 17.8 Å².